The molecule has 1 rings (SSSR count). The predicted octanol–water partition coefficient (Wildman–Crippen LogP) is 1.62. The van der Waals surface area contributed by atoms with Gasteiger partial charge in [-0.3, -0.25) is 4.79 Å². The van der Waals surface area contributed by atoms with Gasteiger partial charge in [-0.2, -0.15) is 0 Å². The van der Waals surface area contributed by atoms with E-state index in [2.05, 4.69) is 5.32 Å². The number of amides is 1. The summed E-state index contributed by atoms with van der Waals surface area (Å²) < 4.78 is 5.68. The van der Waals surface area contributed by atoms with Crippen molar-refractivity contribution in [2.45, 2.75) is 32.7 Å². The monoisotopic (exact) mass is 250 g/mol. The molecule has 0 aliphatic carbocycles. The average Bonchev–Trinajstić information content (AvgIpc) is 2.32. The molecule has 4 nitrogen and oxygen atoms in total. The number of carbonyl (C=O) groups excluding carboxylic acids is 1. The summed E-state index contributed by atoms with van der Waals surface area (Å²) in [6.45, 7) is 6.90. The van der Waals surface area contributed by atoms with Crippen molar-refractivity contribution in [1.29, 1.82) is 0 Å². The van der Waals surface area contributed by atoms with E-state index in [0.29, 0.717) is 19.6 Å². The molecule has 0 radical (unpaired) electrons. The molecule has 0 aromatic heterocycles. The molecule has 1 atom stereocenters. The molecule has 4 heteroatoms. The molecular formula is C14H22N2O2. The molecule has 18 heavy (non-hydrogen) atoms. The fourth-order valence-corrected chi connectivity index (χ4v) is 1.77. The van der Waals surface area contributed by atoms with Crippen LogP contribution >= 0.6 is 0 Å². The lowest BCUT2D eigenvalue weighted by Gasteiger charge is -2.27. The minimum atomic E-state index is -0.711. The van der Waals surface area contributed by atoms with Crippen LogP contribution in [-0.4, -0.2) is 24.6 Å². The second-order valence-electron chi connectivity index (χ2n) is 4.59. The quantitative estimate of drug-likeness (QED) is 0.773. The first-order valence-corrected chi connectivity index (χ1v) is 6.23. The average molecular weight is 250 g/mol. The van der Waals surface area contributed by atoms with Crippen LogP contribution in [0.3, 0.4) is 0 Å². The van der Waals surface area contributed by atoms with Crippen LogP contribution in [0.4, 0.5) is 0 Å². The van der Waals surface area contributed by atoms with Gasteiger partial charge in [0.25, 0.3) is 0 Å². The Morgan fingerprint density at radius 1 is 1.44 bits per heavy atom. The Balaban J connectivity index is 2.54. The van der Waals surface area contributed by atoms with Crippen LogP contribution in [0.5, 0.6) is 5.75 Å². The largest absolute Gasteiger partial charge is 0.493 e. The standard InChI is InChI=1S/C14H22N2O2/c1-4-16-14(3,13(15)17)9-10-18-12-8-6-5-7-11(12)2/h5-8,16H,4,9-10H2,1-3H3,(H2,15,17). The highest BCUT2D eigenvalue weighted by Crippen LogP contribution is 2.17. The van der Waals surface area contributed by atoms with Gasteiger partial charge in [0.2, 0.25) is 5.91 Å². The molecule has 1 aromatic rings. The zero-order chi connectivity index (χ0) is 13.6. The normalized spacial score (nSPS) is 13.9. The third kappa shape index (κ3) is 3.74. The Hall–Kier alpha value is -1.55. The number of likely N-dealkylation sites (N-methyl/N-ethyl adjacent to an activating group) is 1. The summed E-state index contributed by atoms with van der Waals surface area (Å²) in [5.74, 6) is 0.499. The van der Waals surface area contributed by atoms with Crippen molar-refractivity contribution >= 4 is 5.91 Å². The first-order chi connectivity index (χ1) is 8.49. The van der Waals surface area contributed by atoms with Crippen molar-refractivity contribution in [2.75, 3.05) is 13.2 Å². The SMILES string of the molecule is CCNC(C)(CCOc1ccccc1C)C(N)=O. The van der Waals surface area contributed by atoms with Gasteiger partial charge < -0.3 is 15.8 Å². The molecule has 100 valence electrons. The lowest BCUT2D eigenvalue weighted by Crippen LogP contribution is -2.53. The van der Waals surface area contributed by atoms with Gasteiger partial charge in [-0.25, -0.2) is 0 Å². The molecule has 3 N–H and O–H groups in total. The maximum Gasteiger partial charge on any atom is 0.237 e. The third-order valence-electron chi connectivity index (χ3n) is 3.06. The molecule has 0 aliphatic rings. The van der Waals surface area contributed by atoms with Crippen LogP contribution in [0.15, 0.2) is 24.3 Å². The predicted molar refractivity (Wildman–Crippen MR) is 72.6 cm³/mol. The van der Waals surface area contributed by atoms with Crippen molar-refractivity contribution in [1.82, 2.24) is 5.32 Å². The van der Waals surface area contributed by atoms with Crippen LogP contribution in [0.1, 0.15) is 25.8 Å². The molecule has 0 saturated heterocycles. The summed E-state index contributed by atoms with van der Waals surface area (Å²) in [5.41, 5.74) is 5.78. The minimum Gasteiger partial charge on any atom is -0.493 e. The number of hydrogen-bond acceptors (Lipinski definition) is 3. The number of primary amides is 1. The molecule has 0 bridgehead atoms. The van der Waals surface area contributed by atoms with Crippen molar-refractivity contribution in [2.24, 2.45) is 5.73 Å². The molecule has 0 heterocycles. The lowest BCUT2D eigenvalue weighted by atomic mass is 9.97. The topological polar surface area (TPSA) is 64.3 Å². The number of nitrogens with one attached hydrogen (secondary N) is 1. The van der Waals surface area contributed by atoms with Gasteiger partial charge in [-0.1, -0.05) is 25.1 Å². The summed E-state index contributed by atoms with van der Waals surface area (Å²) >= 11 is 0. The van der Waals surface area contributed by atoms with Gasteiger partial charge in [-0.05, 0) is 32.0 Å². The number of rotatable bonds is 7. The number of benzene rings is 1. The highest BCUT2D eigenvalue weighted by molar-refractivity contribution is 5.84. The van der Waals surface area contributed by atoms with E-state index in [1.165, 1.54) is 0 Å². The van der Waals surface area contributed by atoms with E-state index in [0.717, 1.165) is 11.3 Å². The molecule has 0 saturated carbocycles. The first kappa shape index (κ1) is 14.5. The van der Waals surface area contributed by atoms with Gasteiger partial charge in [0.05, 0.1) is 12.1 Å². The molecule has 0 spiro atoms. The summed E-state index contributed by atoms with van der Waals surface area (Å²) in [5, 5.41) is 3.10. The highest BCUT2D eigenvalue weighted by atomic mass is 16.5. The van der Waals surface area contributed by atoms with Crippen molar-refractivity contribution in [3.8, 4) is 5.75 Å². The van der Waals surface area contributed by atoms with E-state index in [1.54, 1.807) is 6.92 Å². The Morgan fingerprint density at radius 2 is 2.11 bits per heavy atom. The van der Waals surface area contributed by atoms with Crippen LogP contribution < -0.4 is 15.8 Å². The second kappa shape index (κ2) is 6.40. The Kier molecular flexibility index (Phi) is 5.16. The maximum atomic E-state index is 11.4. The molecule has 1 unspecified atom stereocenters. The molecule has 0 fully saturated rings. The van der Waals surface area contributed by atoms with Crippen molar-refractivity contribution in [3.63, 3.8) is 0 Å². The lowest BCUT2D eigenvalue weighted by molar-refractivity contribution is -0.124. The van der Waals surface area contributed by atoms with Gasteiger partial charge in [-0.15, -0.1) is 0 Å². The number of aryl methyl sites for hydroxylation is 1. The van der Waals surface area contributed by atoms with Crippen molar-refractivity contribution < 1.29 is 9.53 Å². The van der Waals surface area contributed by atoms with E-state index in [4.69, 9.17) is 10.5 Å². The molecule has 1 aromatic carbocycles. The number of ether oxygens (including phenoxy) is 1. The second-order valence-corrected chi connectivity index (χ2v) is 4.59. The van der Waals surface area contributed by atoms with Crippen LogP contribution in [-0.2, 0) is 4.79 Å². The summed E-state index contributed by atoms with van der Waals surface area (Å²) in [6.07, 6.45) is 0.546. The van der Waals surface area contributed by atoms with Gasteiger partial charge in [0, 0.05) is 6.42 Å². The smallest absolute Gasteiger partial charge is 0.237 e. The van der Waals surface area contributed by atoms with Crippen LogP contribution in [0, 0.1) is 6.92 Å². The Labute approximate surface area is 109 Å². The number of para-hydroxylation sites is 1. The molecule has 0 aliphatic heterocycles. The maximum absolute atomic E-state index is 11.4. The molecular weight excluding hydrogens is 228 g/mol. The van der Waals surface area contributed by atoms with Crippen LogP contribution in [0.25, 0.3) is 0 Å². The molecule has 1 amide bonds. The number of carbonyl (C=O) groups is 1. The van der Waals surface area contributed by atoms with E-state index in [9.17, 15) is 4.79 Å². The van der Waals surface area contributed by atoms with E-state index >= 15 is 0 Å². The van der Waals surface area contributed by atoms with Gasteiger partial charge >= 0.3 is 0 Å². The van der Waals surface area contributed by atoms with Gasteiger partial charge in [0.1, 0.15) is 5.75 Å². The van der Waals surface area contributed by atoms with Gasteiger partial charge in [0.15, 0.2) is 0 Å². The highest BCUT2D eigenvalue weighted by Gasteiger charge is 2.29. The summed E-state index contributed by atoms with van der Waals surface area (Å²) in [7, 11) is 0. The van der Waals surface area contributed by atoms with E-state index < -0.39 is 5.54 Å². The minimum absolute atomic E-state index is 0.349. The third-order valence-corrected chi connectivity index (χ3v) is 3.06. The summed E-state index contributed by atoms with van der Waals surface area (Å²) in [4.78, 5) is 11.4. The fourth-order valence-electron chi connectivity index (χ4n) is 1.77. The number of hydrogen-bond donors (Lipinski definition) is 2. The fraction of sp³-hybridized carbons (Fsp3) is 0.500. The zero-order valence-corrected chi connectivity index (χ0v) is 11.3. The summed E-state index contributed by atoms with van der Waals surface area (Å²) in [6, 6.07) is 7.81. The zero-order valence-electron chi connectivity index (χ0n) is 11.3. The van der Waals surface area contributed by atoms with E-state index in [-0.39, 0.29) is 5.91 Å². The first-order valence-electron chi connectivity index (χ1n) is 6.23. The Bertz CT molecular complexity index is 407. The number of nitrogens with two attached hydrogens (primary N) is 1. The van der Waals surface area contributed by atoms with Crippen molar-refractivity contribution in [3.05, 3.63) is 29.8 Å². The van der Waals surface area contributed by atoms with Crippen LogP contribution in [0.2, 0.25) is 0 Å². The van der Waals surface area contributed by atoms with E-state index in [1.807, 2.05) is 38.1 Å². The Morgan fingerprint density at radius 3 is 2.67 bits per heavy atom.